The Morgan fingerprint density at radius 1 is 1.25 bits per heavy atom. The third-order valence-electron chi connectivity index (χ3n) is 4.16. The quantitative estimate of drug-likeness (QED) is 0.737. The highest BCUT2D eigenvalue weighted by molar-refractivity contribution is 9.10. The second-order valence-corrected chi connectivity index (χ2v) is 6.83. The van der Waals surface area contributed by atoms with Crippen LogP contribution in [0.4, 0.5) is 5.69 Å². The van der Waals surface area contributed by atoms with E-state index in [9.17, 15) is 4.79 Å². The van der Waals surface area contributed by atoms with Crippen molar-refractivity contribution >= 4 is 27.5 Å². The third-order valence-corrected chi connectivity index (χ3v) is 4.57. The fraction of sp³-hybridized carbons (Fsp3) is 0.222. The molecule has 1 aliphatic carbocycles. The van der Waals surface area contributed by atoms with Crippen LogP contribution in [0.3, 0.4) is 0 Å². The van der Waals surface area contributed by atoms with Gasteiger partial charge in [0, 0.05) is 11.9 Å². The Labute approximate surface area is 147 Å². The molecule has 0 unspecified atom stereocenters. The van der Waals surface area contributed by atoms with Crippen molar-refractivity contribution in [3.8, 4) is 0 Å². The highest BCUT2D eigenvalue weighted by Crippen LogP contribution is 2.25. The van der Waals surface area contributed by atoms with Gasteiger partial charge in [-0.05, 0) is 70.6 Å². The van der Waals surface area contributed by atoms with Gasteiger partial charge in [0.25, 0.3) is 5.91 Å². The maximum absolute atomic E-state index is 12.3. The number of furan rings is 1. The molecular weight excluding hydrogens is 370 g/mol. The predicted octanol–water partition coefficient (Wildman–Crippen LogP) is 4.03. The predicted molar refractivity (Wildman–Crippen MR) is 94.2 cm³/mol. The van der Waals surface area contributed by atoms with Crippen molar-refractivity contribution < 1.29 is 9.21 Å². The Morgan fingerprint density at radius 3 is 2.96 bits per heavy atom. The monoisotopic (exact) mass is 385 g/mol. The lowest BCUT2D eigenvalue weighted by Gasteiger charge is -2.06. The molecule has 2 heterocycles. The number of aryl methyl sites for hydroxylation is 2. The second kappa shape index (κ2) is 6.28. The zero-order valence-electron chi connectivity index (χ0n) is 13.0. The van der Waals surface area contributed by atoms with Crippen LogP contribution in [0.5, 0.6) is 0 Å². The standard InChI is InChI=1S/C18H16BrN3O2/c19-14-9-20-22(10-14)11-16-6-7-17(24-16)18(23)21-15-5-4-12-2-1-3-13(12)8-15/h4-10H,1-3,11H2,(H,21,23). The number of carbonyl (C=O) groups excluding carboxylic acids is 1. The average molecular weight is 386 g/mol. The molecular formula is C18H16BrN3O2. The van der Waals surface area contributed by atoms with Crippen molar-refractivity contribution in [2.75, 3.05) is 5.32 Å². The van der Waals surface area contributed by atoms with Gasteiger partial charge in [0.2, 0.25) is 0 Å². The van der Waals surface area contributed by atoms with Crippen molar-refractivity contribution in [1.29, 1.82) is 0 Å². The van der Waals surface area contributed by atoms with Crippen LogP contribution in [0.25, 0.3) is 0 Å². The lowest BCUT2D eigenvalue weighted by molar-refractivity contribution is 0.0994. The summed E-state index contributed by atoms with van der Waals surface area (Å²) in [4.78, 5) is 12.3. The zero-order valence-corrected chi connectivity index (χ0v) is 14.5. The molecule has 0 saturated carbocycles. The molecule has 0 spiro atoms. The third kappa shape index (κ3) is 3.14. The molecule has 0 bridgehead atoms. The minimum atomic E-state index is -0.235. The van der Waals surface area contributed by atoms with Crippen molar-refractivity contribution in [2.45, 2.75) is 25.8 Å². The maximum atomic E-state index is 12.3. The van der Waals surface area contributed by atoms with E-state index in [1.165, 1.54) is 17.5 Å². The maximum Gasteiger partial charge on any atom is 0.291 e. The molecule has 122 valence electrons. The molecule has 3 aromatic rings. The van der Waals surface area contributed by atoms with Crippen LogP contribution in [0.15, 0.2) is 51.6 Å². The van der Waals surface area contributed by atoms with Crippen LogP contribution in [0.1, 0.15) is 33.9 Å². The molecule has 1 amide bonds. The van der Waals surface area contributed by atoms with Crippen LogP contribution < -0.4 is 5.32 Å². The number of fused-ring (bicyclic) bond motifs is 1. The minimum absolute atomic E-state index is 0.235. The van der Waals surface area contributed by atoms with Crippen LogP contribution in [0.2, 0.25) is 0 Å². The molecule has 24 heavy (non-hydrogen) atoms. The number of anilines is 1. The van der Waals surface area contributed by atoms with E-state index < -0.39 is 0 Å². The van der Waals surface area contributed by atoms with Crippen LogP contribution >= 0.6 is 15.9 Å². The van der Waals surface area contributed by atoms with Gasteiger partial charge in [0.15, 0.2) is 5.76 Å². The van der Waals surface area contributed by atoms with Crippen molar-refractivity contribution in [3.05, 3.63) is 69.8 Å². The van der Waals surface area contributed by atoms with E-state index in [2.05, 4.69) is 38.5 Å². The molecule has 1 aromatic carbocycles. The molecule has 1 aliphatic rings. The number of nitrogens with one attached hydrogen (secondary N) is 1. The summed E-state index contributed by atoms with van der Waals surface area (Å²) in [6, 6.07) is 9.60. The molecule has 5 nitrogen and oxygen atoms in total. The van der Waals surface area contributed by atoms with Gasteiger partial charge in [-0.1, -0.05) is 6.07 Å². The average Bonchev–Trinajstić information content (AvgIpc) is 3.28. The Morgan fingerprint density at radius 2 is 2.12 bits per heavy atom. The van der Waals surface area contributed by atoms with Crippen molar-refractivity contribution in [3.63, 3.8) is 0 Å². The van der Waals surface area contributed by atoms with Gasteiger partial charge in [0.1, 0.15) is 5.76 Å². The van der Waals surface area contributed by atoms with Crippen LogP contribution in [-0.2, 0) is 19.4 Å². The van der Waals surface area contributed by atoms with Crippen LogP contribution in [0, 0.1) is 0 Å². The van der Waals surface area contributed by atoms with Crippen LogP contribution in [-0.4, -0.2) is 15.7 Å². The minimum Gasteiger partial charge on any atom is -0.454 e. The van der Waals surface area contributed by atoms with E-state index in [4.69, 9.17) is 4.42 Å². The van der Waals surface area contributed by atoms with Gasteiger partial charge in [-0.15, -0.1) is 0 Å². The number of amides is 1. The Bertz CT molecular complexity index is 897. The number of hydrogen-bond donors (Lipinski definition) is 1. The molecule has 0 fully saturated rings. The molecule has 2 aromatic heterocycles. The Kier molecular flexibility index (Phi) is 3.98. The fourth-order valence-electron chi connectivity index (χ4n) is 3.01. The zero-order chi connectivity index (χ0) is 16.5. The fourth-order valence-corrected chi connectivity index (χ4v) is 3.34. The highest BCUT2D eigenvalue weighted by Gasteiger charge is 2.15. The van der Waals surface area contributed by atoms with Crippen molar-refractivity contribution in [1.82, 2.24) is 9.78 Å². The molecule has 0 atom stereocenters. The SMILES string of the molecule is O=C(Nc1ccc2c(c1)CCC2)c1ccc(Cn2cc(Br)cn2)o1. The molecule has 1 N–H and O–H groups in total. The molecule has 0 radical (unpaired) electrons. The summed E-state index contributed by atoms with van der Waals surface area (Å²) in [5.41, 5.74) is 3.53. The smallest absolute Gasteiger partial charge is 0.291 e. The first kappa shape index (κ1) is 15.2. The number of nitrogens with zero attached hydrogens (tertiary/aromatic N) is 2. The van der Waals surface area contributed by atoms with E-state index in [0.29, 0.717) is 18.1 Å². The summed E-state index contributed by atoms with van der Waals surface area (Å²) in [5.74, 6) is 0.752. The number of rotatable bonds is 4. The first-order valence-corrected chi connectivity index (χ1v) is 8.66. The number of benzene rings is 1. The van der Waals surface area contributed by atoms with Gasteiger partial charge in [-0.25, -0.2) is 0 Å². The molecule has 4 rings (SSSR count). The number of halogens is 1. The second-order valence-electron chi connectivity index (χ2n) is 5.91. The van der Waals surface area contributed by atoms with Crippen molar-refractivity contribution in [2.24, 2.45) is 0 Å². The van der Waals surface area contributed by atoms with E-state index in [1.807, 2.05) is 12.3 Å². The van der Waals surface area contributed by atoms with Gasteiger partial charge in [-0.3, -0.25) is 9.48 Å². The molecule has 6 heteroatoms. The van der Waals surface area contributed by atoms with Gasteiger partial charge in [-0.2, -0.15) is 5.10 Å². The van der Waals surface area contributed by atoms with Gasteiger partial charge < -0.3 is 9.73 Å². The van der Waals surface area contributed by atoms with Gasteiger partial charge in [0.05, 0.1) is 17.2 Å². The number of aromatic nitrogens is 2. The summed E-state index contributed by atoms with van der Waals surface area (Å²) in [6.07, 6.45) is 6.98. The van der Waals surface area contributed by atoms with E-state index in [-0.39, 0.29) is 5.91 Å². The lowest BCUT2D eigenvalue weighted by Crippen LogP contribution is -2.11. The molecule has 0 saturated heterocycles. The molecule has 0 aliphatic heterocycles. The lowest BCUT2D eigenvalue weighted by atomic mass is 10.1. The summed E-state index contributed by atoms with van der Waals surface area (Å²) in [5, 5.41) is 7.08. The summed E-state index contributed by atoms with van der Waals surface area (Å²) in [7, 11) is 0. The summed E-state index contributed by atoms with van der Waals surface area (Å²) < 4.78 is 8.28. The normalized spacial score (nSPS) is 13.0. The highest BCUT2D eigenvalue weighted by atomic mass is 79.9. The topological polar surface area (TPSA) is 60.1 Å². The van der Waals surface area contributed by atoms with E-state index in [0.717, 1.165) is 23.0 Å². The first-order valence-electron chi connectivity index (χ1n) is 7.87. The number of hydrogen-bond acceptors (Lipinski definition) is 3. The summed E-state index contributed by atoms with van der Waals surface area (Å²) in [6.45, 7) is 0.484. The van der Waals surface area contributed by atoms with E-state index >= 15 is 0 Å². The summed E-state index contributed by atoms with van der Waals surface area (Å²) >= 11 is 3.35. The Balaban J connectivity index is 1.45. The van der Waals surface area contributed by atoms with E-state index in [1.54, 1.807) is 23.0 Å². The first-order chi connectivity index (χ1) is 11.7. The number of carbonyl (C=O) groups is 1. The van der Waals surface area contributed by atoms with Gasteiger partial charge >= 0.3 is 0 Å². The Hall–Kier alpha value is -2.34. The largest absolute Gasteiger partial charge is 0.454 e.